The summed E-state index contributed by atoms with van der Waals surface area (Å²) in [6, 6.07) is -0.295. The molecule has 2 bridgehead atoms. The first-order valence-corrected chi connectivity index (χ1v) is 13.3. The number of carbonyl (C=O) groups excluding carboxylic acids is 2. The van der Waals surface area contributed by atoms with Gasteiger partial charge >= 0.3 is 12.1 Å². The summed E-state index contributed by atoms with van der Waals surface area (Å²) in [7, 11) is 3.38. The Labute approximate surface area is 230 Å². The number of likely N-dealkylation sites (tertiary alicyclic amines) is 1. The molecule has 2 N–H and O–H groups in total. The molecule has 0 unspecified atom stereocenters. The summed E-state index contributed by atoms with van der Waals surface area (Å²) in [4.78, 5) is 46.6. The fraction of sp³-hybridized carbons (Fsp3) is 0.600. The number of carbonyl (C=O) groups is 2. The second kappa shape index (κ2) is 11.3. The molecular weight excluding hydrogens is 528 g/mol. The Hall–Kier alpha value is -3.88. The fourth-order valence-corrected chi connectivity index (χ4v) is 5.58. The number of alkyl halides is 2. The lowest BCUT2D eigenvalue weighted by Gasteiger charge is -2.42. The highest BCUT2D eigenvalue weighted by Crippen LogP contribution is 2.37. The first kappa shape index (κ1) is 27.7. The van der Waals surface area contributed by atoms with Crippen molar-refractivity contribution >= 4 is 23.9 Å². The predicted molar refractivity (Wildman–Crippen MR) is 140 cm³/mol. The highest BCUT2D eigenvalue weighted by atomic mass is 19.3. The van der Waals surface area contributed by atoms with Crippen molar-refractivity contribution in [3.63, 3.8) is 0 Å². The van der Waals surface area contributed by atoms with Gasteiger partial charge in [-0.3, -0.25) is 5.32 Å². The van der Waals surface area contributed by atoms with Gasteiger partial charge in [-0.05, 0) is 32.7 Å². The van der Waals surface area contributed by atoms with E-state index in [4.69, 9.17) is 9.47 Å². The van der Waals surface area contributed by atoms with E-state index in [0.29, 0.717) is 18.6 Å². The Balaban J connectivity index is 1.20. The molecular formula is C25H33F2N9O4. The summed E-state index contributed by atoms with van der Waals surface area (Å²) in [6.45, 7) is 2.86. The number of rotatable bonds is 7. The van der Waals surface area contributed by atoms with Gasteiger partial charge in [0, 0.05) is 57.4 Å². The van der Waals surface area contributed by atoms with Crippen molar-refractivity contribution in [1.29, 1.82) is 0 Å². The van der Waals surface area contributed by atoms with Crippen molar-refractivity contribution in [2.75, 3.05) is 50.6 Å². The van der Waals surface area contributed by atoms with E-state index in [2.05, 4.69) is 42.5 Å². The number of nitrogens with zero attached hydrogens (tertiary/aromatic N) is 7. The van der Waals surface area contributed by atoms with Crippen LogP contribution in [0.3, 0.4) is 0 Å². The largest absolute Gasteiger partial charge is 0.477 e. The minimum atomic E-state index is -3.16. The van der Waals surface area contributed by atoms with Crippen LogP contribution in [0.5, 0.6) is 11.8 Å². The van der Waals surface area contributed by atoms with E-state index in [1.54, 1.807) is 11.8 Å². The molecule has 0 radical (unpaired) electrons. The molecule has 5 rings (SSSR count). The van der Waals surface area contributed by atoms with Crippen LogP contribution in [-0.4, -0.2) is 106 Å². The molecule has 2 aromatic heterocycles. The second-order valence-electron chi connectivity index (χ2n) is 10.3. The fourth-order valence-electron chi connectivity index (χ4n) is 5.58. The number of anilines is 2. The van der Waals surface area contributed by atoms with Crippen LogP contribution < -0.4 is 25.0 Å². The summed E-state index contributed by atoms with van der Waals surface area (Å²) in [5, 5.41) is 5.40. The standard InChI is InChI=1S/C25H33F2N9O4/c1-4-39-21-12-29-19(11-30-21)32-23(37)35(3)18-14-36(8-6-25(18,26)27)22-28-7-5-20(33-22)40-24(38)31-17-10-16-9-15(17)13-34(16)2/h5,7,11-12,15-18H,4,6,8-10,13-14H2,1-3H3,(H,31,38)(H,29,32,37)/t15-,16-,17+,18+/m1/s1. The smallest absolute Gasteiger partial charge is 0.414 e. The van der Waals surface area contributed by atoms with Gasteiger partial charge in [-0.2, -0.15) is 4.98 Å². The Bertz CT molecular complexity index is 1220. The quantitative estimate of drug-likeness (QED) is 0.518. The maximum Gasteiger partial charge on any atom is 0.414 e. The SMILES string of the molecule is CCOc1cnc(NC(=O)N(C)[C@H]2CN(c3nccc(OC(=O)N[C@H]4C[C@H]5C[C@@H]4CN5C)n3)CCC2(F)F)cn1. The molecule has 1 saturated carbocycles. The van der Waals surface area contributed by atoms with Gasteiger partial charge in [-0.15, -0.1) is 0 Å². The molecule has 2 aliphatic heterocycles. The number of fused-ring (bicyclic) bond motifs is 2. The predicted octanol–water partition coefficient (Wildman–Crippen LogP) is 2.22. The molecule has 13 nitrogen and oxygen atoms in total. The van der Waals surface area contributed by atoms with Crippen LogP contribution in [0.15, 0.2) is 24.7 Å². The molecule has 0 aromatic carbocycles. The van der Waals surface area contributed by atoms with Gasteiger partial charge in [0.2, 0.25) is 17.7 Å². The third-order valence-electron chi connectivity index (χ3n) is 7.76. The van der Waals surface area contributed by atoms with E-state index in [-0.39, 0.29) is 42.7 Å². The summed E-state index contributed by atoms with van der Waals surface area (Å²) in [6.07, 6.45) is 4.82. The molecule has 3 aliphatic rings. The number of hydrogen-bond acceptors (Lipinski definition) is 10. The Morgan fingerprint density at radius 3 is 2.67 bits per heavy atom. The summed E-state index contributed by atoms with van der Waals surface area (Å²) < 4.78 is 40.5. The van der Waals surface area contributed by atoms with Crippen LogP contribution in [0.4, 0.5) is 30.1 Å². The molecule has 1 aliphatic carbocycles. The maximum absolute atomic E-state index is 15.0. The molecule has 0 spiro atoms. The number of halogens is 2. The number of urea groups is 1. The Morgan fingerprint density at radius 2 is 2.00 bits per heavy atom. The van der Waals surface area contributed by atoms with Crippen molar-refractivity contribution in [3.8, 4) is 11.8 Å². The van der Waals surface area contributed by atoms with Crippen molar-refractivity contribution in [3.05, 3.63) is 24.7 Å². The lowest BCUT2D eigenvalue weighted by molar-refractivity contribution is -0.0760. The van der Waals surface area contributed by atoms with Gasteiger partial charge in [0.1, 0.15) is 6.04 Å². The monoisotopic (exact) mass is 561 g/mol. The number of likely N-dealkylation sites (N-methyl/N-ethyl adjacent to an activating group) is 1. The lowest BCUT2D eigenvalue weighted by atomic mass is 10.00. The van der Waals surface area contributed by atoms with Gasteiger partial charge in [0.25, 0.3) is 5.92 Å². The van der Waals surface area contributed by atoms with Crippen LogP contribution in [0.1, 0.15) is 26.2 Å². The van der Waals surface area contributed by atoms with Crippen molar-refractivity contribution in [2.24, 2.45) is 5.92 Å². The Morgan fingerprint density at radius 1 is 1.18 bits per heavy atom. The molecule has 4 heterocycles. The van der Waals surface area contributed by atoms with Crippen LogP contribution in [-0.2, 0) is 0 Å². The molecule has 15 heteroatoms. The van der Waals surface area contributed by atoms with Crippen LogP contribution in [0, 0.1) is 5.92 Å². The van der Waals surface area contributed by atoms with Crippen molar-refractivity contribution in [1.82, 2.24) is 35.1 Å². The molecule has 40 heavy (non-hydrogen) atoms. The van der Waals surface area contributed by atoms with E-state index in [0.717, 1.165) is 24.3 Å². The Kier molecular flexibility index (Phi) is 7.83. The van der Waals surface area contributed by atoms with Crippen LogP contribution in [0.2, 0.25) is 0 Å². The number of ether oxygens (including phenoxy) is 2. The first-order chi connectivity index (χ1) is 19.1. The summed E-state index contributed by atoms with van der Waals surface area (Å²) >= 11 is 0. The molecule has 3 fully saturated rings. The van der Waals surface area contributed by atoms with E-state index in [1.165, 1.54) is 31.7 Å². The minimum Gasteiger partial charge on any atom is -0.477 e. The first-order valence-electron chi connectivity index (χ1n) is 13.3. The number of hydrogen-bond donors (Lipinski definition) is 2. The van der Waals surface area contributed by atoms with E-state index >= 15 is 0 Å². The molecule has 216 valence electrons. The van der Waals surface area contributed by atoms with Gasteiger partial charge in [-0.25, -0.2) is 33.3 Å². The number of aromatic nitrogens is 4. The number of piperidine rings is 2. The van der Waals surface area contributed by atoms with E-state index in [1.807, 2.05) is 0 Å². The number of nitrogens with one attached hydrogen (secondary N) is 2. The third-order valence-corrected chi connectivity index (χ3v) is 7.76. The van der Waals surface area contributed by atoms with E-state index < -0.39 is 30.5 Å². The zero-order valence-corrected chi connectivity index (χ0v) is 22.6. The topological polar surface area (TPSA) is 138 Å². The second-order valence-corrected chi connectivity index (χ2v) is 10.3. The van der Waals surface area contributed by atoms with Crippen molar-refractivity contribution < 1.29 is 27.8 Å². The average Bonchev–Trinajstić information content (AvgIpc) is 3.48. The molecule has 3 amide bonds. The normalized spacial score (nSPS) is 25.4. The van der Waals surface area contributed by atoms with Gasteiger partial charge in [-0.1, -0.05) is 0 Å². The van der Waals surface area contributed by atoms with Gasteiger partial charge in [0.05, 0.1) is 19.0 Å². The maximum atomic E-state index is 15.0. The van der Waals surface area contributed by atoms with Crippen LogP contribution >= 0.6 is 0 Å². The molecule has 2 saturated heterocycles. The van der Waals surface area contributed by atoms with E-state index in [9.17, 15) is 18.4 Å². The molecule has 2 aromatic rings. The summed E-state index contributed by atoms with van der Waals surface area (Å²) in [5.74, 6) is -2.25. The van der Waals surface area contributed by atoms with Gasteiger partial charge < -0.3 is 29.5 Å². The zero-order chi connectivity index (χ0) is 28.4. The number of amides is 3. The lowest BCUT2D eigenvalue weighted by Crippen LogP contribution is -2.60. The zero-order valence-electron chi connectivity index (χ0n) is 22.6. The summed E-state index contributed by atoms with van der Waals surface area (Å²) in [5.41, 5.74) is 0. The highest BCUT2D eigenvalue weighted by molar-refractivity contribution is 5.88. The highest BCUT2D eigenvalue weighted by Gasteiger charge is 2.48. The van der Waals surface area contributed by atoms with Gasteiger partial charge in [0.15, 0.2) is 5.82 Å². The third kappa shape index (κ3) is 5.98. The minimum absolute atomic E-state index is 0.0110. The molecule has 4 atom stereocenters. The van der Waals surface area contributed by atoms with Crippen molar-refractivity contribution in [2.45, 2.75) is 50.2 Å². The average molecular weight is 562 g/mol. The van der Waals surface area contributed by atoms with Crippen LogP contribution in [0.25, 0.3) is 0 Å².